The van der Waals surface area contributed by atoms with Gasteiger partial charge >= 0.3 is 6.03 Å². The van der Waals surface area contributed by atoms with Crippen LogP contribution in [-0.4, -0.2) is 31.0 Å². The van der Waals surface area contributed by atoms with Crippen LogP contribution in [0.15, 0.2) is 54.6 Å². The van der Waals surface area contributed by atoms with E-state index in [9.17, 15) is 9.90 Å². The van der Waals surface area contributed by atoms with Crippen LogP contribution >= 0.6 is 0 Å². The van der Waals surface area contributed by atoms with Gasteiger partial charge in [0.15, 0.2) is 0 Å². The maximum atomic E-state index is 12.4. The standard InChI is InChI=1S/C19H22N2O3/c1-24-12-16(13-7-3-2-4-8-13)20-19(23)21-18-15-10-6-5-9-14(15)11-17(18)22/h2-10,16-18,22H,11-12H2,1H3,(H2,20,21,23)/t16?,17-,18+/m0/s1. The number of methoxy groups -OCH3 is 1. The number of amides is 2. The lowest BCUT2D eigenvalue weighted by Crippen LogP contribution is -2.43. The molecule has 0 fully saturated rings. The highest BCUT2D eigenvalue weighted by atomic mass is 16.5. The Labute approximate surface area is 141 Å². The number of rotatable bonds is 5. The number of benzene rings is 2. The van der Waals surface area contributed by atoms with E-state index in [1.807, 2.05) is 54.6 Å². The molecule has 0 saturated carbocycles. The molecule has 1 unspecified atom stereocenters. The van der Waals surface area contributed by atoms with Gasteiger partial charge in [-0.2, -0.15) is 0 Å². The van der Waals surface area contributed by atoms with Crippen LogP contribution in [0.2, 0.25) is 0 Å². The van der Waals surface area contributed by atoms with E-state index in [0.29, 0.717) is 13.0 Å². The molecule has 0 saturated heterocycles. The molecule has 0 aliphatic heterocycles. The highest BCUT2D eigenvalue weighted by Gasteiger charge is 2.32. The van der Waals surface area contributed by atoms with Crippen molar-refractivity contribution < 1.29 is 14.6 Å². The average Bonchev–Trinajstić information content (AvgIpc) is 2.91. The summed E-state index contributed by atoms with van der Waals surface area (Å²) in [6.07, 6.45) is -0.0489. The Morgan fingerprint density at radius 2 is 1.92 bits per heavy atom. The van der Waals surface area contributed by atoms with Crippen LogP contribution in [0.3, 0.4) is 0 Å². The number of hydrogen-bond donors (Lipinski definition) is 3. The molecule has 2 amide bonds. The second-order valence-corrected chi connectivity index (χ2v) is 5.98. The van der Waals surface area contributed by atoms with E-state index in [2.05, 4.69) is 10.6 Å². The van der Waals surface area contributed by atoms with Gasteiger partial charge in [-0.25, -0.2) is 4.79 Å². The summed E-state index contributed by atoms with van der Waals surface area (Å²) < 4.78 is 5.21. The molecule has 3 rings (SSSR count). The van der Waals surface area contributed by atoms with Crippen molar-refractivity contribution in [2.75, 3.05) is 13.7 Å². The van der Waals surface area contributed by atoms with Crippen molar-refractivity contribution >= 4 is 6.03 Å². The van der Waals surface area contributed by atoms with E-state index in [0.717, 1.165) is 16.7 Å². The van der Waals surface area contributed by atoms with Gasteiger partial charge in [0.25, 0.3) is 0 Å². The van der Waals surface area contributed by atoms with Crippen LogP contribution < -0.4 is 10.6 Å². The summed E-state index contributed by atoms with van der Waals surface area (Å²) >= 11 is 0. The first-order valence-corrected chi connectivity index (χ1v) is 8.06. The topological polar surface area (TPSA) is 70.6 Å². The SMILES string of the molecule is COCC(NC(=O)N[C@@H]1c2ccccc2C[C@@H]1O)c1ccccc1. The van der Waals surface area contributed by atoms with E-state index >= 15 is 0 Å². The summed E-state index contributed by atoms with van der Waals surface area (Å²) in [6.45, 7) is 0.376. The predicted molar refractivity (Wildman–Crippen MR) is 91.6 cm³/mol. The fourth-order valence-electron chi connectivity index (χ4n) is 3.16. The predicted octanol–water partition coefficient (Wildman–Crippen LogP) is 2.33. The summed E-state index contributed by atoms with van der Waals surface area (Å²) in [5, 5.41) is 16.1. The average molecular weight is 326 g/mol. The Hall–Kier alpha value is -2.37. The quantitative estimate of drug-likeness (QED) is 0.790. The number of ether oxygens (including phenoxy) is 1. The zero-order valence-corrected chi connectivity index (χ0v) is 13.6. The molecule has 24 heavy (non-hydrogen) atoms. The minimum atomic E-state index is -0.606. The number of nitrogens with one attached hydrogen (secondary N) is 2. The molecule has 126 valence electrons. The molecule has 1 aliphatic carbocycles. The molecule has 0 bridgehead atoms. The molecule has 2 aromatic carbocycles. The number of urea groups is 1. The zero-order chi connectivity index (χ0) is 16.9. The third-order valence-corrected chi connectivity index (χ3v) is 4.33. The summed E-state index contributed by atoms with van der Waals surface area (Å²) in [5.74, 6) is 0. The number of carbonyl (C=O) groups is 1. The van der Waals surface area contributed by atoms with E-state index in [-0.39, 0.29) is 18.1 Å². The second-order valence-electron chi connectivity index (χ2n) is 5.98. The number of aliphatic hydroxyl groups is 1. The van der Waals surface area contributed by atoms with Gasteiger partial charge in [-0.05, 0) is 16.7 Å². The fraction of sp³-hybridized carbons (Fsp3) is 0.316. The first-order chi connectivity index (χ1) is 11.7. The van der Waals surface area contributed by atoms with Gasteiger partial charge < -0.3 is 20.5 Å². The monoisotopic (exact) mass is 326 g/mol. The van der Waals surface area contributed by atoms with E-state index in [4.69, 9.17) is 4.74 Å². The smallest absolute Gasteiger partial charge is 0.315 e. The second kappa shape index (κ2) is 7.47. The van der Waals surface area contributed by atoms with Gasteiger partial charge in [0.2, 0.25) is 0 Å². The van der Waals surface area contributed by atoms with Crippen molar-refractivity contribution in [1.29, 1.82) is 0 Å². The van der Waals surface area contributed by atoms with Crippen molar-refractivity contribution in [2.45, 2.75) is 24.6 Å². The lowest BCUT2D eigenvalue weighted by molar-refractivity contribution is 0.138. The summed E-state index contributed by atoms with van der Waals surface area (Å²) in [4.78, 5) is 12.4. The Bertz CT molecular complexity index is 690. The van der Waals surface area contributed by atoms with E-state index < -0.39 is 6.10 Å². The van der Waals surface area contributed by atoms with Crippen LogP contribution in [0, 0.1) is 0 Å². The molecule has 3 N–H and O–H groups in total. The first-order valence-electron chi connectivity index (χ1n) is 8.06. The number of fused-ring (bicyclic) bond motifs is 1. The van der Waals surface area contributed by atoms with Gasteiger partial charge in [-0.15, -0.1) is 0 Å². The van der Waals surface area contributed by atoms with Gasteiger partial charge in [-0.3, -0.25) is 0 Å². The van der Waals surface area contributed by atoms with Gasteiger partial charge in [0, 0.05) is 13.5 Å². The van der Waals surface area contributed by atoms with E-state index in [1.54, 1.807) is 7.11 Å². The summed E-state index contributed by atoms with van der Waals surface area (Å²) in [6, 6.07) is 16.5. The Morgan fingerprint density at radius 3 is 2.67 bits per heavy atom. The Morgan fingerprint density at radius 1 is 1.21 bits per heavy atom. The van der Waals surface area contributed by atoms with Crippen molar-refractivity contribution in [3.05, 3.63) is 71.3 Å². The lowest BCUT2D eigenvalue weighted by atomic mass is 10.1. The first kappa shape index (κ1) is 16.5. The number of aliphatic hydroxyl groups excluding tert-OH is 1. The molecule has 5 nitrogen and oxygen atoms in total. The van der Waals surface area contributed by atoms with Gasteiger partial charge in [-0.1, -0.05) is 54.6 Å². The van der Waals surface area contributed by atoms with Crippen LogP contribution in [-0.2, 0) is 11.2 Å². The largest absolute Gasteiger partial charge is 0.390 e. The van der Waals surface area contributed by atoms with Gasteiger partial charge in [0.05, 0.1) is 24.8 Å². The fourth-order valence-corrected chi connectivity index (χ4v) is 3.16. The number of hydrogen-bond acceptors (Lipinski definition) is 3. The molecular weight excluding hydrogens is 304 g/mol. The molecular formula is C19H22N2O3. The maximum Gasteiger partial charge on any atom is 0.315 e. The molecule has 2 aromatic rings. The zero-order valence-electron chi connectivity index (χ0n) is 13.6. The van der Waals surface area contributed by atoms with Crippen molar-refractivity contribution in [3.8, 4) is 0 Å². The summed E-state index contributed by atoms with van der Waals surface area (Å²) in [5.41, 5.74) is 3.02. The molecule has 0 aromatic heterocycles. The summed E-state index contributed by atoms with van der Waals surface area (Å²) in [7, 11) is 1.60. The highest BCUT2D eigenvalue weighted by Crippen LogP contribution is 2.31. The number of carbonyl (C=O) groups excluding carboxylic acids is 1. The van der Waals surface area contributed by atoms with Crippen LogP contribution in [0.25, 0.3) is 0 Å². The molecule has 3 atom stereocenters. The minimum absolute atomic E-state index is 0.245. The van der Waals surface area contributed by atoms with Crippen LogP contribution in [0.1, 0.15) is 28.8 Å². The van der Waals surface area contributed by atoms with Crippen molar-refractivity contribution in [1.82, 2.24) is 10.6 Å². The molecule has 5 heteroatoms. The molecule has 1 aliphatic rings. The molecule has 0 heterocycles. The highest BCUT2D eigenvalue weighted by molar-refractivity contribution is 5.75. The molecule has 0 spiro atoms. The Kier molecular flexibility index (Phi) is 5.13. The normalized spacial score (nSPS) is 20.2. The van der Waals surface area contributed by atoms with Gasteiger partial charge in [0.1, 0.15) is 0 Å². The molecule has 0 radical (unpaired) electrons. The third-order valence-electron chi connectivity index (χ3n) is 4.33. The lowest BCUT2D eigenvalue weighted by Gasteiger charge is -2.22. The van der Waals surface area contributed by atoms with Crippen LogP contribution in [0.5, 0.6) is 0 Å². The Balaban J connectivity index is 1.68. The van der Waals surface area contributed by atoms with E-state index in [1.165, 1.54) is 0 Å². The van der Waals surface area contributed by atoms with Crippen molar-refractivity contribution in [2.24, 2.45) is 0 Å². The van der Waals surface area contributed by atoms with Crippen molar-refractivity contribution in [3.63, 3.8) is 0 Å². The third kappa shape index (κ3) is 3.58. The van der Waals surface area contributed by atoms with Crippen LogP contribution in [0.4, 0.5) is 4.79 Å². The maximum absolute atomic E-state index is 12.4. The minimum Gasteiger partial charge on any atom is -0.390 e.